The second-order valence-corrected chi connectivity index (χ2v) is 7.79. The number of piperazine rings is 1. The third-order valence-electron chi connectivity index (χ3n) is 5.29. The lowest BCUT2D eigenvalue weighted by Crippen LogP contribution is -2.48. The van der Waals surface area contributed by atoms with E-state index in [1.165, 1.54) is 6.26 Å². The molecule has 7 nitrogen and oxygen atoms in total. The molecule has 3 rings (SSSR count). The van der Waals surface area contributed by atoms with Crippen LogP contribution in [-0.2, 0) is 13.1 Å². The summed E-state index contributed by atoms with van der Waals surface area (Å²) in [4.78, 5) is 23.2. The zero-order valence-electron chi connectivity index (χ0n) is 17.5. The number of rotatable bonds is 9. The number of aromatic nitrogens is 1. The number of amides is 1. The van der Waals surface area contributed by atoms with E-state index in [1.54, 1.807) is 11.9 Å². The minimum absolute atomic E-state index is 0.140. The molecule has 0 aliphatic carbocycles. The Morgan fingerprint density at radius 3 is 2.59 bits per heavy atom. The fraction of sp³-hybridized carbons (Fsp3) is 0.545. The van der Waals surface area contributed by atoms with Gasteiger partial charge in [-0.3, -0.25) is 14.6 Å². The summed E-state index contributed by atoms with van der Waals surface area (Å²) in [6.07, 6.45) is 3.08. The molecule has 158 valence electrons. The van der Waals surface area contributed by atoms with Crippen LogP contribution in [-0.4, -0.2) is 76.6 Å². The lowest BCUT2D eigenvalue weighted by molar-refractivity contribution is 0.0634. The van der Waals surface area contributed by atoms with Crippen molar-refractivity contribution in [3.05, 3.63) is 53.7 Å². The van der Waals surface area contributed by atoms with E-state index in [2.05, 4.69) is 21.7 Å². The number of carbonyl (C=O) groups excluding carboxylic acids is 1. The molecule has 1 aliphatic rings. The standard InChI is InChI=1S/C22H32N4O3/c1-3-7-19(27)15-25-10-12-26(13-11-25)16-21-23-20(17-29-21)22(28)24(2)14-18-8-5-4-6-9-18/h4-6,8-9,17,19,27H,3,7,10-16H2,1-2H3. The fourth-order valence-corrected chi connectivity index (χ4v) is 3.65. The van der Waals surface area contributed by atoms with Crippen LogP contribution in [0, 0.1) is 0 Å². The summed E-state index contributed by atoms with van der Waals surface area (Å²) in [6.45, 7) is 7.62. The number of carbonyl (C=O) groups is 1. The molecule has 29 heavy (non-hydrogen) atoms. The predicted molar refractivity (Wildman–Crippen MR) is 111 cm³/mol. The molecule has 0 spiro atoms. The number of hydrogen-bond donors (Lipinski definition) is 1. The zero-order valence-corrected chi connectivity index (χ0v) is 17.5. The average molecular weight is 401 g/mol. The van der Waals surface area contributed by atoms with Gasteiger partial charge in [0.05, 0.1) is 12.6 Å². The number of aliphatic hydroxyl groups is 1. The van der Waals surface area contributed by atoms with Crippen LogP contribution in [0.15, 0.2) is 41.0 Å². The van der Waals surface area contributed by atoms with Crippen molar-refractivity contribution in [2.45, 2.75) is 39.0 Å². The molecule has 1 N–H and O–H groups in total. The number of β-amino-alcohol motifs (C(OH)–C–C–N with tert-alkyl or cyclic N) is 1. The molecule has 2 heterocycles. The topological polar surface area (TPSA) is 73.1 Å². The molecule has 1 fully saturated rings. The first-order chi connectivity index (χ1) is 14.0. The zero-order chi connectivity index (χ0) is 20.6. The smallest absolute Gasteiger partial charge is 0.275 e. The van der Waals surface area contributed by atoms with Crippen LogP contribution in [0.25, 0.3) is 0 Å². The maximum Gasteiger partial charge on any atom is 0.275 e. The fourth-order valence-electron chi connectivity index (χ4n) is 3.65. The van der Waals surface area contributed by atoms with E-state index in [4.69, 9.17) is 4.42 Å². The van der Waals surface area contributed by atoms with Crippen LogP contribution >= 0.6 is 0 Å². The quantitative estimate of drug-likeness (QED) is 0.696. The summed E-state index contributed by atoms with van der Waals surface area (Å²) < 4.78 is 5.56. The molecule has 1 atom stereocenters. The van der Waals surface area contributed by atoms with Gasteiger partial charge in [0.1, 0.15) is 6.26 Å². The highest BCUT2D eigenvalue weighted by Gasteiger charge is 2.22. The van der Waals surface area contributed by atoms with Crippen LogP contribution < -0.4 is 0 Å². The highest BCUT2D eigenvalue weighted by Crippen LogP contribution is 2.12. The van der Waals surface area contributed by atoms with Crippen LogP contribution in [0.1, 0.15) is 41.7 Å². The Labute approximate surface area is 172 Å². The summed E-state index contributed by atoms with van der Waals surface area (Å²) in [5, 5.41) is 9.98. The van der Waals surface area contributed by atoms with Crippen molar-refractivity contribution in [2.24, 2.45) is 0 Å². The minimum Gasteiger partial charge on any atom is -0.447 e. The van der Waals surface area contributed by atoms with Crippen molar-refractivity contribution in [1.82, 2.24) is 19.7 Å². The van der Waals surface area contributed by atoms with Crippen molar-refractivity contribution >= 4 is 5.91 Å². The molecule has 2 aromatic rings. The van der Waals surface area contributed by atoms with E-state index in [0.717, 1.165) is 51.1 Å². The van der Waals surface area contributed by atoms with E-state index >= 15 is 0 Å². The first-order valence-corrected chi connectivity index (χ1v) is 10.4. The third-order valence-corrected chi connectivity index (χ3v) is 5.29. The van der Waals surface area contributed by atoms with Crippen molar-refractivity contribution in [3.8, 4) is 0 Å². The van der Waals surface area contributed by atoms with Crippen molar-refractivity contribution in [2.75, 3.05) is 39.8 Å². The van der Waals surface area contributed by atoms with E-state index in [-0.39, 0.29) is 12.0 Å². The Morgan fingerprint density at radius 1 is 1.21 bits per heavy atom. The molecule has 1 amide bonds. The first-order valence-electron chi connectivity index (χ1n) is 10.4. The lowest BCUT2D eigenvalue weighted by atomic mass is 10.2. The monoisotopic (exact) mass is 400 g/mol. The minimum atomic E-state index is -0.236. The van der Waals surface area contributed by atoms with Gasteiger partial charge in [0.15, 0.2) is 5.69 Å². The molecule has 0 saturated carbocycles. The third kappa shape index (κ3) is 6.39. The largest absolute Gasteiger partial charge is 0.447 e. The van der Waals surface area contributed by atoms with Crippen molar-refractivity contribution in [1.29, 1.82) is 0 Å². The number of hydrogen-bond acceptors (Lipinski definition) is 6. The van der Waals surface area contributed by atoms with Crippen LogP contribution in [0.3, 0.4) is 0 Å². The van der Waals surface area contributed by atoms with Gasteiger partial charge in [-0.05, 0) is 12.0 Å². The number of nitrogens with zero attached hydrogens (tertiary/aromatic N) is 4. The van der Waals surface area contributed by atoms with E-state index in [1.807, 2.05) is 30.3 Å². The molecule has 0 radical (unpaired) electrons. The normalized spacial score (nSPS) is 16.7. The molecular weight excluding hydrogens is 368 g/mol. The summed E-state index contributed by atoms with van der Waals surface area (Å²) in [7, 11) is 1.77. The van der Waals surface area contributed by atoms with Gasteiger partial charge in [-0.2, -0.15) is 0 Å². The second kappa shape index (κ2) is 10.5. The Hall–Kier alpha value is -2.22. The number of benzene rings is 1. The van der Waals surface area contributed by atoms with Gasteiger partial charge in [0.2, 0.25) is 5.89 Å². The summed E-state index contributed by atoms with van der Waals surface area (Å²) in [5.41, 5.74) is 1.42. The second-order valence-electron chi connectivity index (χ2n) is 7.79. The van der Waals surface area contributed by atoms with E-state index in [9.17, 15) is 9.90 Å². The van der Waals surface area contributed by atoms with Gasteiger partial charge in [-0.15, -0.1) is 0 Å². The molecule has 1 saturated heterocycles. The Morgan fingerprint density at radius 2 is 1.90 bits per heavy atom. The Kier molecular flexibility index (Phi) is 7.80. The summed E-state index contributed by atoms with van der Waals surface area (Å²) in [6, 6.07) is 9.89. The molecular formula is C22H32N4O3. The van der Waals surface area contributed by atoms with Gasteiger partial charge in [-0.1, -0.05) is 43.7 Å². The van der Waals surface area contributed by atoms with Gasteiger partial charge in [0, 0.05) is 46.3 Å². The molecule has 1 unspecified atom stereocenters. The van der Waals surface area contributed by atoms with Crippen LogP contribution in [0.4, 0.5) is 0 Å². The number of oxazole rings is 1. The Bertz CT molecular complexity index is 756. The van der Waals surface area contributed by atoms with Crippen molar-refractivity contribution in [3.63, 3.8) is 0 Å². The Balaban J connectivity index is 1.46. The van der Waals surface area contributed by atoms with E-state index < -0.39 is 0 Å². The van der Waals surface area contributed by atoms with Gasteiger partial charge in [-0.25, -0.2) is 4.98 Å². The first kappa shape index (κ1) is 21.5. The molecule has 1 aliphatic heterocycles. The van der Waals surface area contributed by atoms with Gasteiger partial charge in [0.25, 0.3) is 5.91 Å². The predicted octanol–water partition coefficient (Wildman–Crippen LogP) is 2.23. The van der Waals surface area contributed by atoms with Crippen LogP contribution in [0.2, 0.25) is 0 Å². The molecule has 1 aromatic heterocycles. The number of aliphatic hydroxyl groups excluding tert-OH is 1. The van der Waals surface area contributed by atoms with Gasteiger partial charge < -0.3 is 14.4 Å². The highest BCUT2D eigenvalue weighted by atomic mass is 16.3. The molecule has 0 bridgehead atoms. The average Bonchev–Trinajstić information content (AvgIpc) is 3.18. The van der Waals surface area contributed by atoms with Crippen molar-refractivity contribution < 1.29 is 14.3 Å². The summed E-state index contributed by atoms with van der Waals surface area (Å²) >= 11 is 0. The van der Waals surface area contributed by atoms with Crippen LogP contribution in [0.5, 0.6) is 0 Å². The maximum absolute atomic E-state index is 12.6. The molecule has 7 heteroatoms. The molecule has 1 aromatic carbocycles. The lowest BCUT2D eigenvalue weighted by Gasteiger charge is -2.34. The maximum atomic E-state index is 12.6. The highest BCUT2D eigenvalue weighted by molar-refractivity contribution is 5.91. The van der Waals surface area contributed by atoms with Gasteiger partial charge >= 0.3 is 0 Å². The summed E-state index contributed by atoms with van der Waals surface area (Å²) in [5.74, 6) is 0.430. The van der Waals surface area contributed by atoms with E-state index in [0.29, 0.717) is 24.7 Å². The SMILES string of the molecule is CCCC(O)CN1CCN(Cc2nc(C(=O)N(C)Cc3ccccc3)co2)CC1.